The van der Waals surface area contributed by atoms with Crippen LogP contribution in [0.4, 0.5) is 13.2 Å². The summed E-state index contributed by atoms with van der Waals surface area (Å²) in [7, 11) is 0. The lowest BCUT2D eigenvalue weighted by Gasteiger charge is -2.28. The van der Waals surface area contributed by atoms with Gasteiger partial charge in [-0.2, -0.15) is 13.2 Å². The average molecular weight is 288 g/mol. The Morgan fingerprint density at radius 3 is 2.00 bits per heavy atom. The second-order valence-corrected chi connectivity index (χ2v) is 5.75. The Kier molecular flexibility index (Phi) is 4.84. The molecule has 1 aromatic carbocycles. The van der Waals surface area contributed by atoms with Gasteiger partial charge in [0, 0.05) is 0 Å². The quantitative estimate of drug-likeness (QED) is 0.775. The van der Waals surface area contributed by atoms with Crippen LogP contribution in [0.25, 0.3) is 0 Å². The fourth-order valence-electron chi connectivity index (χ4n) is 1.84. The van der Waals surface area contributed by atoms with Crippen LogP contribution in [0.3, 0.4) is 0 Å². The van der Waals surface area contributed by atoms with E-state index in [1.165, 1.54) is 12.1 Å². The van der Waals surface area contributed by atoms with E-state index in [-0.39, 0.29) is 0 Å². The fraction of sp³-hybridized carbons (Fsp3) is 0.533. The van der Waals surface area contributed by atoms with Gasteiger partial charge in [-0.3, -0.25) is 4.79 Å². The van der Waals surface area contributed by atoms with Gasteiger partial charge >= 0.3 is 12.1 Å². The van der Waals surface area contributed by atoms with E-state index >= 15 is 0 Å². The topological polar surface area (TPSA) is 26.3 Å². The minimum absolute atomic E-state index is 0.312. The van der Waals surface area contributed by atoms with Crippen LogP contribution in [0.1, 0.15) is 39.2 Å². The van der Waals surface area contributed by atoms with Crippen molar-refractivity contribution in [3.05, 3.63) is 35.9 Å². The highest BCUT2D eigenvalue weighted by molar-refractivity contribution is 5.79. The molecule has 0 aliphatic heterocycles. The number of benzene rings is 1. The third kappa shape index (κ3) is 4.54. The molecule has 2 unspecified atom stereocenters. The summed E-state index contributed by atoms with van der Waals surface area (Å²) in [6.45, 7) is 5.89. The van der Waals surface area contributed by atoms with Crippen molar-refractivity contribution in [2.24, 2.45) is 5.92 Å². The van der Waals surface area contributed by atoms with Gasteiger partial charge < -0.3 is 4.74 Å². The first-order chi connectivity index (χ1) is 9.02. The van der Waals surface area contributed by atoms with Gasteiger partial charge in [0.25, 0.3) is 0 Å². The monoisotopic (exact) mass is 288 g/mol. The van der Waals surface area contributed by atoms with Gasteiger partial charge in [0.15, 0.2) is 0 Å². The molecule has 20 heavy (non-hydrogen) atoms. The molecule has 2 nitrogen and oxygen atoms in total. The van der Waals surface area contributed by atoms with Gasteiger partial charge in [0.2, 0.25) is 0 Å². The maximum absolute atomic E-state index is 13.0. The van der Waals surface area contributed by atoms with Crippen LogP contribution in [-0.2, 0) is 9.53 Å². The molecule has 112 valence electrons. The zero-order chi connectivity index (χ0) is 15.6. The van der Waals surface area contributed by atoms with Crippen molar-refractivity contribution in [3.63, 3.8) is 0 Å². The van der Waals surface area contributed by atoms with Crippen molar-refractivity contribution in [3.8, 4) is 0 Å². The molecule has 0 aliphatic carbocycles. The molecule has 0 radical (unpaired) electrons. The zero-order valence-electron chi connectivity index (χ0n) is 12.0. The molecule has 1 rings (SSSR count). The van der Waals surface area contributed by atoms with Gasteiger partial charge in [-0.15, -0.1) is 0 Å². The Balaban J connectivity index is 3.12. The second-order valence-electron chi connectivity index (χ2n) is 5.75. The predicted octanol–water partition coefficient (Wildman–Crippen LogP) is 4.31. The van der Waals surface area contributed by atoms with Crippen molar-refractivity contribution >= 4 is 5.97 Å². The second kappa shape index (κ2) is 5.85. The highest BCUT2D eigenvalue weighted by atomic mass is 19.4. The Bertz CT molecular complexity index is 446. The highest BCUT2D eigenvalue weighted by Crippen LogP contribution is 2.38. The van der Waals surface area contributed by atoms with Crippen molar-refractivity contribution in [2.75, 3.05) is 0 Å². The molecule has 1 aromatic rings. The summed E-state index contributed by atoms with van der Waals surface area (Å²) < 4.78 is 44.0. The van der Waals surface area contributed by atoms with Crippen molar-refractivity contribution in [1.29, 1.82) is 0 Å². The number of halogens is 3. The number of carbonyl (C=O) groups is 1. The molecular weight excluding hydrogens is 269 g/mol. The van der Waals surface area contributed by atoms with Gasteiger partial charge in [-0.25, -0.2) is 0 Å². The molecule has 5 heteroatoms. The van der Waals surface area contributed by atoms with Crippen molar-refractivity contribution < 1.29 is 22.7 Å². The number of hydrogen-bond acceptors (Lipinski definition) is 2. The Morgan fingerprint density at radius 1 is 1.10 bits per heavy atom. The normalized spacial score (nSPS) is 15.6. The van der Waals surface area contributed by atoms with E-state index < -0.39 is 29.6 Å². The first-order valence-electron chi connectivity index (χ1n) is 6.37. The third-order valence-electron chi connectivity index (χ3n) is 2.84. The average Bonchev–Trinajstić information content (AvgIpc) is 2.26. The summed E-state index contributed by atoms with van der Waals surface area (Å²) in [6, 6.07) is 7.92. The lowest BCUT2D eigenvalue weighted by Crippen LogP contribution is -2.35. The van der Waals surface area contributed by atoms with Crippen LogP contribution >= 0.6 is 0 Å². The number of rotatable bonds is 3. The van der Waals surface area contributed by atoms with Crippen LogP contribution in [0.15, 0.2) is 30.3 Å². The molecule has 0 aliphatic rings. The molecule has 0 aromatic heterocycles. The SMILES string of the molecule is CC(C(C(=O)OC(C)(C)C)c1ccccc1)C(F)(F)F. The van der Waals surface area contributed by atoms with E-state index in [1.54, 1.807) is 39.0 Å². The lowest BCUT2D eigenvalue weighted by molar-refractivity contribution is -0.190. The first-order valence-corrected chi connectivity index (χ1v) is 6.37. The first kappa shape index (κ1) is 16.5. The van der Waals surface area contributed by atoms with E-state index in [4.69, 9.17) is 4.74 Å². The predicted molar refractivity (Wildman–Crippen MR) is 70.2 cm³/mol. The molecule has 0 bridgehead atoms. The summed E-state index contributed by atoms with van der Waals surface area (Å²) >= 11 is 0. The van der Waals surface area contributed by atoms with E-state index in [0.29, 0.717) is 5.56 Å². The summed E-state index contributed by atoms with van der Waals surface area (Å²) in [5.74, 6) is -4.01. The van der Waals surface area contributed by atoms with Crippen LogP contribution in [0, 0.1) is 5.92 Å². The summed E-state index contributed by atoms with van der Waals surface area (Å²) in [4.78, 5) is 12.1. The third-order valence-corrected chi connectivity index (χ3v) is 2.84. The smallest absolute Gasteiger partial charge is 0.392 e. The van der Waals surface area contributed by atoms with Crippen LogP contribution in [0.5, 0.6) is 0 Å². The molecule has 0 fully saturated rings. The van der Waals surface area contributed by atoms with E-state index in [9.17, 15) is 18.0 Å². The molecular formula is C15H19F3O2. The highest BCUT2D eigenvalue weighted by Gasteiger charge is 2.46. The van der Waals surface area contributed by atoms with Crippen LogP contribution < -0.4 is 0 Å². The number of alkyl halides is 3. The summed E-state index contributed by atoms with van der Waals surface area (Å²) in [6.07, 6.45) is -4.46. The van der Waals surface area contributed by atoms with Crippen LogP contribution in [0.2, 0.25) is 0 Å². The molecule has 0 amide bonds. The van der Waals surface area contributed by atoms with E-state index in [0.717, 1.165) is 6.92 Å². The van der Waals surface area contributed by atoms with Gasteiger partial charge in [0.05, 0.1) is 11.8 Å². The Hall–Kier alpha value is -1.52. The van der Waals surface area contributed by atoms with Gasteiger partial charge in [-0.1, -0.05) is 37.3 Å². The van der Waals surface area contributed by atoms with E-state index in [1.807, 2.05) is 0 Å². The Morgan fingerprint density at radius 2 is 1.60 bits per heavy atom. The van der Waals surface area contributed by atoms with Crippen molar-refractivity contribution in [2.45, 2.75) is 45.4 Å². The molecule has 0 spiro atoms. The van der Waals surface area contributed by atoms with Crippen molar-refractivity contribution in [1.82, 2.24) is 0 Å². The molecule has 2 atom stereocenters. The van der Waals surface area contributed by atoms with E-state index in [2.05, 4.69) is 0 Å². The number of carbonyl (C=O) groups excluding carboxylic acids is 1. The lowest BCUT2D eigenvalue weighted by atomic mass is 9.86. The van der Waals surface area contributed by atoms with Gasteiger partial charge in [0.1, 0.15) is 5.60 Å². The minimum atomic E-state index is -4.46. The number of esters is 1. The number of hydrogen-bond donors (Lipinski definition) is 0. The maximum Gasteiger partial charge on any atom is 0.392 e. The maximum atomic E-state index is 13.0. The number of ether oxygens (including phenoxy) is 1. The van der Waals surface area contributed by atoms with Gasteiger partial charge in [-0.05, 0) is 26.3 Å². The summed E-state index contributed by atoms with van der Waals surface area (Å²) in [5.41, 5.74) is -0.512. The Labute approximate surface area is 116 Å². The molecule has 0 N–H and O–H groups in total. The molecule has 0 saturated heterocycles. The summed E-state index contributed by atoms with van der Waals surface area (Å²) in [5, 5.41) is 0. The molecule has 0 saturated carbocycles. The minimum Gasteiger partial charge on any atom is -0.459 e. The van der Waals surface area contributed by atoms with Crippen LogP contribution in [-0.4, -0.2) is 17.7 Å². The largest absolute Gasteiger partial charge is 0.459 e. The fourth-order valence-corrected chi connectivity index (χ4v) is 1.84. The standard InChI is InChI=1S/C15H19F3O2/c1-10(15(16,17)18)12(11-8-6-5-7-9-11)13(19)20-14(2,3)4/h5-10,12H,1-4H3. The molecule has 0 heterocycles. The zero-order valence-corrected chi connectivity index (χ0v) is 12.0.